The van der Waals surface area contributed by atoms with E-state index in [0.29, 0.717) is 16.1 Å². The molecule has 0 fully saturated rings. The summed E-state index contributed by atoms with van der Waals surface area (Å²) < 4.78 is 6.86. The van der Waals surface area contributed by atoms with Gasteiger partial charge < -0.3 is 9.72 Å². The van der Waals surface area contributed by atoms with E-state index < -0.39 is 0 Å². The minimum atomic E-state index is -0.155. The van der Waals surface area contributed by atoms with Gasteiger partial charge in [-0.15, -0.1) is 11.3 Å². The summed E-state index contributed by atoms with van der Waals surface area (Å²) in [5.74, 6) is 0. The van der Waals surface area contributed by atoms with Crippen LogP contribution in [0.25, 0.3) is 10.2 Å². The van der Waals surface area contributed by atoms with Crippen LogP contribution < -0.4 is 5.56 Å². The summed E-state index contributed by atoms with van der Waals surface area (Å²) in [6.07, 6.45) is 0.835. The Kier molecular flexibility index (Phi) is 2.30. The molecule has 90 valence electrons. The van der Waals surface area contributed by atoms with Crippen LogP contribution in [0.5, 0.6) is 0 Å². The van der Waals surface area contributed by atoms with Crippen molar-refractivity contribution in [2.45, 2.75) is 32.5 Å². The molecule has 2 N–H and O–H groups in total. The van der Waals surface area contributed by atoms with Gasteiger partial charge in [0.15, 0.2) is 4.77 Å². The van der Waals surface area contributed by atoms with Gasteiger partial charge in [-0.3, -0.25) is 9.78 Å². The van der Waals surface area contributed by atoms with E-state index >= 15 is 0 Å². The Labute approximate surface area is 107 Å². The van der Waals surface area contributed by atoms with Gasteiger partial charge in [0.1, 0.15) is 4.70 Å². The molecule has 17 heavy (non-hydrogen) atoms. The van der Waals surface area contributed by atoms with Crippen LogP contribution in [0.3, 0.4) is 0 Å². The van der Waals surface area contributed by atoms with Gasteiger partial charge in [-0.05, 0) is 26.1 Å². The summed E-state index contributed by atoms with van der Waals surface area (Å²) >= 11 is 6.53. The number of ether oxygens (including phenoxy) is 1. The highest BCUT2D eigenvalue weighted by Crippen LogP contribution is 2.36. The van der Waals surface area contributed by atoms with Crippen molar-refractivity contribution in [3.63, 3.8) is 0 Å². The molecule has 0 atom stereocenters. The topological polar surface area (TPSA) is 57.9 Å². The van der Waals surface area contributed by atoms with Crippen molar-refractivity contribution in [3.8, 4) is 0 Å². The third-order valence-electron chi connectivity index (χ3n) is 2.96. The molecule has 0 saturated carbocycles. The Morgan fingerprint density at radius 3 is 2.94 bits per heavy atom. The van der Waals surface area contributed by atoms with Gasteiger partial charge in [0.25, 0.3) is 5.56 Å². The van der Waals surface area contributed by atoms with Crippen LogP contribution >= 0.6 is 23.6 Å². The second kappa shape index (κ2) is 3.51. The molecule has 0 bridgehead atoms. The molecule has 1 aliphatic heterocycles. The summed E-state index contributed by atoms with van der Waals surface area (Å²) in [7, 11) is 0. The van der Waals surface area contributed by atoms with E-state index in [1.54, 1.807) is 0 Å². The third-order valence-corrected chi connectivity index (χ3v) is 4.39. The number of H-pyrrole nitrogens is 2. The first-order valence-electron chi connectivity index (χ1n) is 5.37. The molecule has 0 aliphatic carbocycles. The zero-order valence-electron chi connectivity index (χ0n) is 9.55. The van der Waals surface area contributed by atoms with Crippen molar-refractivity contribution in [1.29, 1.82) is 0 Å². The number of nitrogens with one attached hydrogen (secondary N) is 2. The highest BCUT2D eigenvalue weighted by Gasteiger charge is 2.29. The molecular weight excluding hydrogens is 256 g/mol. The first-order valence-corrected chi connectivity index (χ1v) is 6.59. The second-order valence-electron chi connectivity index (χ2n) is 4.84. The first-order chi connectivity index (χ1) is 7.96. The van der Waals surface area contributed by atoms with Gasteiger partial charge in [-0.1, -0.05) is 0 Å². The van der Waals surface area contributed by atoms with Gasteiger partial charge in [-0.2, -0.15) is 0 Å². The van der Waals surface area contributed by atoms with Gasteiger partial charge in [0.05, 0.1) is 17.7 Å². The average molecular weight is 268 g/mol. The molecule has 4 nitrogen and oxygen atoms in total. The fourth-order valence-corrected chi connectivity index (χ4v) is 3.67. The lowest BCUT2D eigenvalue weighted by atomic mass is 9.98. The van der Waals surface area contributed by atoms with Crippen LogP contribution in [-0.2, 0) is 17.8 Å². The van der Waals surface area contributed by atoms with E-state index in [2.05, 4.69) is 23.8 Å². The lowest BCUT2D eigenvalue weighted by Gasteiger charge is -2.29. The normalized spacial score (nSPS) is 18.2. The fraction of sp³-hybridized carbons (Fsp3) is 0.455. The first kappa shape index (κ1) is 11.1. The summed E-state index contributed by atoms with van der Waals surface area (Å²) in [4.78, 5) is 18.7. The van der Waals surface area contributed by atoms with Crippen LogP contribution in [0.15, 0.2) is 4.79 Å². The van der Waals surface area contributed by atoms with E-state index in [0.717, 1.165) is 17.5 Å². The van der Waals surface area contributed by atoms with E-state index in [9.17, 15) is 4.79 Å². The molecule has 0 aromatic carbocycles. The Morgan fingerprint density at radius 2 is 2.18 bits per heavy atom. The number of hydrogen-bond donors (Lipinski definition) is 2. The average Bonchev–Trinajstić information content (AvgIpc) is 2.54. The number of hydrogen-bond acceptors (Lipinski definition) is 4. The molecule has 6 heteroatoms. The zero-order valence-corrected chi connectivity index (χ0v) is 11.2. The number of thiophene rings is 1. The minimum absolute atomic E-state index is 0.110. The van der Waals surface area contributed by atoms with Crippen molar-refractivity contribution >= 4 is 33.8 Å². The van der Waals surface area contributed by atoms with E-state index in [4.69, 9.17) is 17.0 Å². The predicted molar refractivity (Wildman–Crippen MR) is 70.2 cm³/mol. The summed E-state index contributed by atoms with van der Waals surface area (Å²) in [5, 5.41) is 0. The van der Waals surface area contributed by atoms with Crippen LogP contribution in [0.4, 0.5) is 0 Å². The highest BCUT2D eigenvalue weighted by atomic mass is 32.1. The lowest BCUT2D eigenvalue weighted by Crippen LogP contribution is -2.30. The Bertz CT molecular complexity index is 708. The molecule has 0 saturated heterocycles. The van der Waals surface area contributed by atoms with E-state index in [-0.39, 0.29) is 11.2 Å². The van der Waals surface area contributed by atoms with Crippen molar-refractivity contribution in [3.05, 3.63) is 25.6 Å². The van der Waals surface area contributed by atoms with Gasteiger partial charge >= 0.3 is 0 Å². The molecule has 0 spiro atoms. The molecule has 0 radical (unpaired) electrons. The quantitative estimate of drug-likeness (QED) is 0.722. The van der Waals surface area contributed by atoms with Crippen molar-refractivity contribution < 1.29 is 4.74 Å². The molecule has 1 aliphatic rings. The largest absolute Gasteiger partial charge is 0.370 e. The molecule has 2 aromatic rings. The molecular formula is C11H12N2O2S2. The Balaban J connectivity index is 2.33. The van der Waals surface area contributed by atoms with Crippen LogP contribution in [0, 0.1) is 4.77 Å². The summed E-state index contributed by atoms with van der Waals surface area (Å²) in [6.45, 7) is 4.66. The zero-order chi connectivity index (χ0) is 12.2. The van der Waals surface area contributed by atoms with Gasteiger partial charge in [-0.25, -0.2) is 0 Å². The molecule has 3 heterocycles. The van der Waals surface area contributed by atoms with Crippen molar-refractivity contribution in [2.24, 2.45) is 0 Å². The predicted octanol–water partition coefficient (Wildman–Crippen LogP) is 2.50. The van der Waals surface area contributed by atoms with Crippen LogP contribution in [0.2, 0.25) is 0 Å². The Morgan fingerprint density at radius 1 is 1.41 bits per heavy atom. The van der Waals surface area contributed by atoms with Crippen LogP contribution in [0.1, 0.15) is 24.3 Å². The minimum Gasteiger partial charge on any atom is -0.370 e. The fourth-order valence-electron chi connectivity index (χ4n) is 2.11. The number of rotatable bonds is 0. The maximum atomic E-state index is 11.8. The SMILES string of the molecule is CC1(C)Cc2sc3c(=O)[nH]c(=S)[nH]c3c2CO1. The highest BCUT2D eigenvalue weighted by molar-refractivity contribution is 7.71. The summed E-state index contributed by atoms with van der Waals surface area (Å²) in [5.41, 5.74) is 1.66. The van der Waals surface area contributed by atoms with Crippen molar-refractivity contribution in [2.75, 3.05) is 0 Å². The molecule has 3 rings (SSSR count). The number of aromatic amines is 2. The van der Waals surface area contributed by atoms with E-state index in [1.165, 1.54) is 16.2 Å². The number of aromatic nitrogens is 2. The number of fused-ring (bicyclic) bond motifs is 3. The molecule has 0 amide bonds. The van der Waals surface area contributed by atoms with Gasteiger partial charge in [0, 0.05) is 16.9 Å². The van der Waals surface area contributed by atoms with Gasteiger partial charge in [0.2, 0.25) is 0 Å². The third kappa shape index (κ3) is 1.76. The summed E-state index contributed by atoms with van der Waals surface area (Å²) in [6, 6.07) is 0. The van der Waals surface area contributed by atoms with E-state index in [1.807, 2.05) is 0 Å². The van der Waals surface area contributed by atoms with Crippen molar-refractivity contribution in [1.82, 2.24) is 9.97 Å². The smallest absolute Gasteiger partial charge is 0.269 e. The molecule has 2 aromatic heterocycles. The monoisotopic (exact) mass is 268 g/mol. The van der Waals surface area contributed by atoms with Crippen LogP contribution in [-0.4, -0.2) is 15.6 Å². The standard InChI is InChI=1S/C11H12N2O2S2/c1-11(2)3-6-5(4-15-11)7-8(17-6)9(14)13-10(16)12-7/h3-4H2,1-2H3,(H2,12,13,14,16). The second-order valence-corrected chi connectivity index (χ2v) is 6.35. The Hall–Kier alpha value is -0.980. The maximum Gasteiger partial charge on any atom is 0.269 e. The maximum absolute atomic E-state index is 11.8. The molecule has 0 unspecified atom stereocenters. The lowest BCUT2D eigenvalue weighted by molar-refractivity contribution is -0.0383.